The Morgan fingerprint density at radius 1 is 1.31 bits per heavy atom. The third-order valence-electron chi connectivity index (χ3n) is 4.25. The summed E-state index contributed by atoms with van der Waals surface area (Å²) < 4.78 is 12.7. The summed E-state index contributed by atoms with van der Waals surface area (Å²) in [5.74, 6) is 1.46. The van der Waals surface area contributed by atoms with E-state index < -0.39 is 0 Å². The molecule has 0 saturated heterocycles. The maximum absolute atomic E-state index is 12.0. The molecule has 3 aromatic rings. The SMILES string of the molecule is Cc1ccc(-c2cnc(CCC(=O)OCc3nnnn3C3CC3)o2)cc1. The predicted molar refractivity (Wildman–Crippen MR) is 90.9 cm³/mol. The van der Waals surface area contributed by atoms with Crippen molar-refractivity contribution in [1.29, 1.82) is 0 Å². The zero-order valence-corrected chi connectivity index (χ0v) is 14.5. The number of esters is 1. The van der Waals surface area contributed by atoms with Crippen LogP contribution in [-0.4, -0.2) is 31.2 Å². The van der Waals surface area contributed by atoms with Crippen LogP contribution in [0.2, 0.25) is 0 Å². The molecule has 1 aliphatic rings. The summed E-state index contributed by atoms with van der Waals surface area (Å²) in [4.78, 5) is 16.2. The van der Waals surface area contributed by atoms with E-state index in [2.05, 4.69) is 20.5 Å². The van der Waals surface area contributed by atoms with Gasteiger partial charge in [0.2, 0.25) is 0 Å². The molecular weight excluding hydrogens is 334 g/mol. The third kappa shape index (κ3) is 3.79. The Bertz CT molecular complexity index is 896. The molecule has 8 heteroatoms. The Balaban J connectivity index is 1.28. The quantitative estimate of drug-likeness (QED) is 0.602. The number of aryl methyl sites for hydroxylation is 2. The fourth-order valence-electron chi connectivity index (χ4n) is 2.61. The zero-order chi connectivity index (χ0) is 17.9. The average molecular weight is 353 g/mol. The van der Waals surface area contributed by atoms with Crippen molar-refractivity contribution in [2.75, 3.05) is 0 Å². The van der Waals surface area contributed by atoms with Gasteiger partial charge in [-0.3, -0.25) is 4.79 Å². The standard InChI is InChI=1S/C18H19N5O3/c1-12-2-4-13(5-3-12)15-10-19-17(26-15)8-9-18(24)25-11-16-20-21-22-23(16)14-6-7-14/h2-5,10,14H,6-9,11H2,1H3. The molecule has 0 amide bonds. The second-order valence-corrected chi connectivity index (χ2v) is 6.42. The van der Waals surface area contributed by atoms with Crippen molar-refractivity contribution in [2.24, 2.45) is 0 Å². The first-order valence-electron chi connectivity index (χ1n) is 8.63. The highest BCUT2D eigenvalue weighted by Gasteiger charge is 2.28. The first-order valence-corrected chi connectivity index (χ1v) is 8.63. The third-order valence-corrected chi connectivity index (χ3v) is 4.25. The lowest BCUT2D eigenvalue weighted by Gasteiger charge is -2.04. The molecule has 0 atom stereocenters. The number of carbonyl (C=O) groups excluding carboxylic acids is 1. The van der Waals surface area contributed by atoms with Gasteiger partial charge in [-0.15, -0.1) is 5.10 Å². The first-order chi connectivity index (χ1) is 12.7. The number of tetrazole rings is 1. The van der Waals surface area contributed by atoms with Crippen LogP contribution < -0.4 is 0 Å². The number of carbonyl (C=O) groups is 1. The van der Waals surface area contributed by atoms with Gasteiger partial charge in [-0.2, -0.15) is 0 Å². The number of hydrogen-bond acceptors (Lipinski definition) is 7. The van der Waals surface area contributed by atoms with Gasteiger partial charge in [0.15, 0.2) is 24.1 Å². The van der Waals surface area contributed by atoms with Gasteiger partial charge in [-0.1, -0.05) is 29.8 Å². The molecule has 0 N–H and O–H groups in total. The van der Waals surface area contributed by atoms with Crippen molar-refractivity contribution in [3.05, 3.63) is 47.7 Å². The van der Waals surface area contributed by atoms with Crippen molar-refractivity contribution < 1.29 is 13.9 Å². The monoisotopic (exact) mass is 353 g/mol. The van der Waals surface area contributed by atoms with Crippen molar-refractivity contribution in [1.82, 2.24) is 25.2 Å². The van der Waals surface area contributed by atoms with Crippen LogP contribution in [0.5, 0.6) is 0 Å². The van der Waals surface area contributed by atoms with Gasteiger partial charge in [0.1, 0.15) is 0 Å². The maximum Gasteiger partial charge on any atom is 0.306 e. The Labute approximate surface area is 150 Å². The number of benzene rings is 1. The fraction of sp³-hybridized carbons (Fsp3) is 0.389. The molecule has 134 valence electrons. The van der Waals surface area contributed by atoms with E-state index in [4.69, 9.17) is 9.15 Å². The van der Waals surface area contributed by atoms with E-state index in [1.165, 1.54) is 5.56 Å². The molecule has 2 aromatic heterocycles. The smallest absolute Gasteiger partial charge is 0.306 e. The summed E-state index contributed by atoms with van der Waals surface area (Å²) in [5.41, 5.74) is 2.15. The van der Waals surface area contributed by atoms with Crippen LogP contribution in [-0.2, 0) is 22.6 Å². The number of nitrogens with zero attached hydrogens (tertiary/aromatic N) is 5. The van der Waals surface area contributed by atoms with Crippen LogP contribution in [0.1, 0.15) is 42.6 Å². The van der Waals surface area contributed by atoms with Crippen LogP contribution in [0.4, 0.5) is 0 Å². The molecule has 4 rings (SSSR count). The highest BCUT2D eigenvalue weighted by Crippen LogP contribution is 2.34. The van der Waals surface area contributed by atoms with E-state index in [0.29, 0.717) is 29.9 Å². The number of aromatic nitrogens is 5. The van der Waals surface area contributed by atoms with E-state index in [9.17, 15) is 4.79 Å². The second-order valence-electron chi connectivity index (χ2n) is 6.42. The molecule has 1 fully saturated rings. The van der Waals surface area contributed by atoms with E-state index in [1.54, 1.807) is 10.9 Å². The first kappa shape index (κ1) is 16.4. The summed E-state index contributed by atoms with van der Waals surface area (Å²) in [6.45, 7) is 2.12. The van der Waals surface area contributed by atoms with Crippen molar-refractivity contribution in [3.8, 4) is 11.3 Å². The lowest BCUT2D eigenvalue weighted by Crippen LogP contribution is -2.10. The molecule has 2 heterocycles. The van der Waals surface area contributed by atoms with Gasteiger partial charge in [0.05, 0.1) is 18.7 Å². The van der Waals surface area contributed by atoms with Crippen molar-refractivity contribution in [3.63, 3.8) is 0 Å². The molecule has 0 bridgehead atoms. The topological polar surface area (TPSA) is 95.9 Å². The van der Waals surface area contributed by atoms with Gasteiger partial charge < -0.3 is 9.15 Å². The minimum absolute atomic E-state index is 0.0858. The Morgan fingerprint density at radius 3 is 2.88 bits per heavy atom. The molecule has 0 aliphatic heterocycles. The summed E-state index contributed by atoms with van der Waals surface area (Å²) in [7, 11) is 0. The molecule has 0 spiro atoms. The molecule has 8 nitrogen and oxygen atoms in total. The highest BCUT2D eigenvalue weighted by molar-refractivity contribution is 5.69. The van der Waals surface area contributed by atoms with Crippen LogP contribution >= 0.6 is 0 Å². The fourth-order valence-corrected chi connectivity index (χ4v) is 2.61. The average Bonchev–Trinajstić information content (AvgIpc) is 3.19. The molecule has 0 radical (unpaired) electrons. The van der Waals surface area contributed by atoms with E-state index in [0.717, 1.165) is 18.4 Å². The molecule has 1 aliphatic carbocycles. The summed E-state index contributed by atoms with van der Waals surface area (Å²) in [6, 6.07) is 8.36. The zero-order valence-electron chi connectivity index (χ0n) is 14.5. The second kappa shape index (κ2) is 7.07. The maximum atomic E-state index is 12.0. The van der Waals surface area contributed by atoms with Crippen LogP contribution in [0.15, 0.2) is 34.9 Å². The Hall–Kier alpha value is -3.03. The summed E-state index contributed by atoms with van der Waals surface area (Å²) >= 11 is 0. The van der Waals surface area contributed by atoms with Gasteiger partial charge >= 0.3 is 5.97 Å². The number of hydrogen-bond donors (Lipinski definition) is 0. The van der Waals surface area contributed by atoms with Crippen molar-refractivity contribution in [2.45, 2.75) is 45.3 Å². The van der Waals surface area contributed by atoms with Crippen molar-refractivity contribution >= 4 is 5.97 Å². The minimum atomic E-state index is -0.328. The number of rotatable bonds is 7. The van der Waals surface area contributed by atoms with E-state index in [-0.39, 0.29) is 19.0 Å². The van der Waals surface area contributed by atoms with Crippen LogP contribution in [0, 0.1) is 6.92 Å². The lowest BCUT2D eigenvalue weighted by atomic mass is 10.1. The number of ether oxygens (including phenoxy) is 1. The van der Waals surface area contributed by atoms with E-state index in [1.807, 2.05) is 31.2 Å². The Kier molecular flexibility index (Phi) is 4.47. The minimum Gasteiger partial charge on any atom is -0.457 e. The van der Waals surface area contributed by atoms with Gasteiger partial charge in [-0.25, -0.2) is 9.67 Å². The van der Waals surface area contributed by atoms with E-state index >= 15 is 0 Å². The van der Waals surface area contributed by atoms with Gasteiger partial charge in [0, 0.05) is 12.0 Å². The van der Waals surface area contributed by atoms with Gasteiger partial charge in [0.25, 0.3) is 0 Å². The number of oxazole rings is 1. The Morgan fingerprint density at radius 2 is 2.12 bits per heavy atom. The molecular formula is C18H19N5O3. The molecule has 1 saturated carbocycles. The molecule has 0 unspecified atom stereocenters. The summed E-state index contributed by atoms with van der Waals surface area (Å²) in [6.07, 6.45) is 4.39. The van der Waals surface area contributed by atoms with Crippen LogP contribution in [0.3, 0.4) is 0 Å². The van der Waals surface area contributed by atoms with Crippen LogP contribution in [0.25, 0.3) is 11.3 Å². The van der Waals surface area contributed by atoms with Gasteiger partial charge in [-0.05, 0) is 30.2 Å². The highest BCUT2D eigenvalue weighted by atomic mass is 16.5. The normalized spacial score (nSPS) is 13.7. The lowest BCUT2D eigenvalue weighted by molar-refractivity contribution is -0.145. The predicted octanol–water partition coefficient (Wildman–Crippen LogP) is 2.65. The largest absolute Gasteiger partial charge is 0.457 e. The molecule has 26 heavy (non-hydrogen) atoms. The molecule has 1 aromatic carbocycles. The summed E-state index contributed by atoms with van der Waals surface area (Å²) in [5, 5.41) is 11.5.